The first-order valence-corrected chi connectivity index (χ1v) is 10.4. The maximum atomic E-state index is 13.1. The number of hydrogen-bond donors (Lipinski definition) is 3. The minimum Gasteiger partial charge on any atom is -0.475 e. The van der Waals surface area contributed by atoms with Crippen LogP contribution < -0.4 is 19.7 Å². The molecular formula is C22H20F3N5O5. The lowest BCUT2D eigenvalue weighted by atomic mass is 10.1. The highest BCUT2D eigenvalue weighted by molar-refractivity contribution is 6.01. The van der Waals surface area contributed by atoms with Gasteiger partial charge in [0.05, 0.1) is 30.6 Å². The second kappa shape index (κ2) is 10.1. The molecule has 3 N–H and O–H groups in total. The van der Waals surface area contributed by atoms with E-state index in [1.54, 1.807) is 6.07 Å². The summed E-state index contributed by atoms with van der Waals surface area (Å²) in [7, 11) is 0. The molecule has 1 unspecified atom stereocenters. The number of rotatable bonds is 6. The fourth-order valence-electron chi connectivity index (χ4n) is 3.15. The van der Waals surface area contributed by atoms with Gasteiger partial charge in [-0.25, -0.2) is 14.8 Å². The smallest absolute Gasteiger partial charge is 0.416 e. The van der Waals surface area contributed by atoms with Crippen LogP contribution in [0.2, 0.25) is 0 Å². The van der Waals surface area contributed by atoms with Crippen molar-refractivity contribution in [1.82, 2.24) is 15.0 Å². The molecule has 0 spiro atoms. The molecule has 4 rings (SSSR count). The normalized spacial score (nSPS) is 14.0. The number of alkyl halides is 3. The number of nitrogens with one attached hydrogen (secondary N) is 1. The van der Waals surface area contributed by atoms with Gasteiger partial charge in [-0.2, -0.15) is 18.2 Å². The van der Waals surface area contributed by atoms with E-state index in [9.17, 15) is 23.1 Å². The van der Waals surface area contributed by atoms with Crippen molar-refractivity contribution in [3.63, 3.8) is 0 Å². The van der Waals surface area contributed by atoms with Crippen molar-refractivity contribution in [2.24, 2.45) is 0 Å². The van der Waals surface area contributed by atoms with E-state index in [0.717, 1.165) is 12.1 Å². The maximum Gasteiger partial charge on any atom is 0.416 e. The number of carbonyl (C=O) groups is 1. The van der Waals surface area contributed by atoms with E-state index in [1.165, 1.54) is 35.4 Å². The minimum absolute atomic E-state index is 0.0436. The third-order valence-electron chi connectivity index (χ3n) is 4.85. The van der Waals surface area contributed by atoms with Crippen molar-refractivity contribution in [2.75, 3.05) is 36.6 Å². The van der Waals surface area contributed by atoms with Gasteiger partial charge in [-0.05, 0) is 18.2 Å². The molecule has 1 aliphatic rings. The number of hydrogen-bond acceptors (Lipinski definition) is 8. The van der Waals surface area contributed by atoms with Gasteiger partial charge in [0.2, 0.25) is 11.7 Å². The summed E-state index contributed by atoms with van der Waals surface area (Å²) in [4.78, 5) is 26.8. The Bertz CT molecular complexity index is 1210. The number of pyridine rings is 1. The molecule has 0 saturated heterocycles. The summed E-state index contributed by atoms with van der Waals surface area (Å²) >= 11 is 0. The van der Waals surface area contributed by atoms with E-state index in [1.807, 2.05) is 0 Å². The number of urea groups is 1. The molecule has 2 aromatic heterocycles. The third kappa shape index (κ3) is 5.75. The second-order valence-corrected chi connectivity index (χ2v) is 7.40. The summed E-state index contributed by atoms with van der Waals surface area (Å²) < 4.78 is 50.1. The van der Waals surface area contributed by atoms with Crippen LogP contribution in [0.5, 0.6) is 11.8 Å². The van der Waals surface area contributed by atoms with Gasteiger partial charge in [-0.1, -0.05) is 18.2 Å². The average molecular weight is 491 g/mol. The van der Waals surface area contributed by atoms with Gasteiger partial charge in [0.1, 0.15) is 25.1 Å². The van der Waals surface area contributed by atoms with Crippen LogP contribution in [0.25, 0.3) is 11.3 Å². The maximum absolute atomic E-state index is 13.1. The Morgan fingerprint density at radius 3 is 2.80 bits per heavy atom. The van der Waals surface area contributed by atoms with E-state index < -0.39 is 30.5 Å². The van der Waals surface area contributed by atoms with Crippen LogP contribution in [0, 0.1) is 0 Å². The van der Waals surface area contributed by atoms with Crippen molar-refractivity contribution in [3.8, 4) is 23.0 Å². The summed E-state index contributed by atoms with van der Waals surface area (Å²) in [5.41, 5.74) is -0.521. The van der Waals surface area contributed by atoms with E-state index in [2.05, 4.69) is 20.3 Å². The van der Waals surface area contributed by atoms with E-state index in [4.69, 9.17) is 14.6 Å². The summed E-state index contributed by atoms with van der Waals surface area (Å²) in [6.45, 7) is -0.423. The Balaban J connectivity index is 1.55. The molecule has 2 amide bonds. The first-order chi connectivity index (χ1) is 16.7. The molecular weight excluding hydrogens is 471 g/mol. The Labute approximate surface area is 197 Å². The van der Waals surface area contributed by atoms with Gasteiger partial charge in [-0.15, -0.1) is 0 Å². The lowest BCUT2D eigenvalue weighted by molar-refractivity contribution is -0.137. The van der Waals surface area contributed by atoms with E-state index in [-0.39, 0.29) is 54.4 Å². The quantitative estimate of drug-likeness (QED) is 0.480. The predicted octanol–water partition coefficient (Wildman–Crippen LogP) is 2.72. The van der Waals surface area contributed by atoms with Crippen LogP contribution in [0.4, 0.5) is 29.6 Å². The number of aliphatic hydroxyl groups excluding tert-OH is 2. The Morgan fingerprint density at radius 1 is 1.23 bits per heavy atom. The number of ether oxygens (including phenoxy) is 2. The van der Waals surface area contributed by atoms with Gasteiger partial charge in [-0.3, -0.25) is 10.2 Å². The molecule has 0 saturated carbocycles. The Morgan fingerprint density at radius 2 is 2.03 bits per heavy atom. The molecule has 35 heavy (non-hydrogen) atoms. The highest BCUT2D eigenvalue weighted by atomic mass is 19.4. The molecule has 3 heterocycles. The number of aliphatic hydroxyl groups is 2. The fraction of sp³-hybridized carbons (Fsp3) is 0.273. The summed E-state index contributed by atoms with van der Waals surface area (Å²) in [6.07, 6.45) is -4.32. The lowest BCUT2D eigenvalue weighted by Crippen LogP contribution is -2.41. The van der Waals surface area contributed by atoms with Crippen LogP contribution in [-0.4, -0.2) is 63.7 Å². The number of fused-ring (bicyclic) bond motifs is 1. The zero-order valence-corrected chi connectivity index (χ0v) is 18.1. The number of aromatic nitrogens is 3. The van der Waals surface area contributed by atoms with Crippen LogP contribution in [0.15, 0.2) is 48.7 Å². The number of nitrogens with zero attached hydrogens (tertiary/aromatic N) is 4. The summed E-state index contributed by atoms with van der Waals surface area (Å²) in [5, 5.41) is 20.9. The van der Waals surface area contributed by atoms with Gasteiger partial charge >= 0.3 is 12.2 Å². The fourth-order valence-corrected chi connectivity index (χ4v) is 3.15. The first-order valence-electron chi connectivity index (χ1n) is 10.4. The number of anilines is 2. The van der Waals surface area contributed by atoms with Crippen molar-refractivity contribution in [2.45, 2.75) is 12.3 Å². The zero-order valence-electron chi connectivity index (χ0n) is 18.1. The van der Waals surface area contributed by atoms with Crippen molar-refractivity contribution in [1.29, 1.82) is 0 Å². The van der Waals surface area contributed by atoms with Crippen molar-refractivity contribution < 1.29 is 37.7 Å². The summed E-state index contributed by atoms with van der Waals surface area (Å²) in [6, 6.07) is 8.60. The molecule has 0 fully saturated rings. The van der Waals surface area contributed by atoms with Crippen molar-refractivity contribution >= 4 is 17.7 Å². The molecule has 0 bridgehead atoms. The van der Waals surface area contributed by atoms with Gasteiger partial charge in [0.25, 0.3) is 5.88 Å². The number of halogens is 3. The largest absolute Gasteiger partial charge is 0.475 e. The van der Waals surface area contributed by atoms with Crippen LogP contribution in [0.1, 0.15) is 5.56 Å². The lowest BCUT2D eigenvalue weighted by Gasteiger charge is -2.27. The Hall–Kier alpha value is -3.97. The number of benzene rings is 1. The average Bonchev–Trinajstić information content (AvgIpc) is 2.86. The highest BCUT2D eigenvalue weighted by Gasteiger charge is 2.31. The van der Waals surface area contributed by atoms with Gasteiger partial charge in [0, 0.05) is 11.6 Å². The molecule has 1 aromatic carbocycles. The van der Waals surface area contributed by atoms with Crippen LogP contribution in [-0.2, 0) is 6.18 Å². The first kappa shape index (κ1) is 24.2. The predicted molar refractivity (Wildman–Crippen MR) is 117 cm³/mol. The van der Waals surface area contributed by atoms with E-state index in [0.29, 0.717) is 0 Å². The minimum atomic E-state index is -4.52. The van der Waals surface area contributed by atoms with Gasteiger partial charge < -0.3 is 19.7 Å². The Kier molecular flexibility index (Phi) is 6.98. The molecule has 184 valence electrons. The van der Waals surface area contributed by atoms with Crippen LogP contribution >= 0.6 is 0 Å². The zero-order chi connectivity index (χ0) is 25.0. The molecule has 3 aromatic rings. The number of carbonyl (C=O) groups excluding carboxylic acids is 1. The summed E-state index contributed by atoms with van der Waals surface area (Å²) in [5.74, 6) is 0.359. The molecule has 10 nitrogen and oxygen atoms in total. The third-order valence-corrected chi connectivity index (χ3v) is 4.85. The SMILES string of the molecule is O=C(Nc1cccc(OCC(O)CO)n1)N1CCOc2ncc(-c3cccc(C(F)(F)F)c3)nc21. The standard InChI is InChI=1S/C22H20F3N5O5/c23-22(24,25)14-4-1-3-13(9-14)16-10-26-20-19(27-16)30(7-8-34-20)21(33)29-17-5-2-6-18(28-17)35-12-15(32)11-31/h1-6,9-10,15,31-32H,7-8,11-12H2,(H,28,29,33). The molecule has 13 heteroatoms. The van der Waals surface area contributed by atoms with Gasteiger partial charge in [0.15, 0.2) is 0 Å². The molecule has 1 aliphatic heterocycles. The monoisotopic (exact) mass is 491 g/mol. The molecule has 0 aliphatic carbocycles. The second-order valence-electron chi connectivity index (χ2n) is 7.40. The molecule has 1 atom stereocenters. The van der Waals surface area contributed by atoms with Crippen LogP contribution in [0.3, 0.4) is 0 Å². The van der Waals surface area contributed by atoms with Crippen molar-refractivity contribution in [3.05, 3.63) is 54.2 Å². The van der Waals surface area contributed by atoms with E-state index >= 15 is 0 Å². The topological polar surface area (TPSA) is 130 Å². The number of amides is 2. The highest BCUT2D eigenvalue weighted by Crippen LogP contribution is 2.34. The molecule has 0 radical (unpaired) electrons.